The average molecular weight is 574 g/mol. The number of aliphatic carboxylic acids is 1. The summed E-state index contributed by atoms with van der Waals surface area (Å²) in [7, 11) is -2.10. The molecule has 12 nitrogen and oxygen atoms in total. The Balaban J connectivity index is 0.00000432. The van der Waals surface area contributed by atoms with Gasteiger partial charge in [0, 0.05) is 16.9 Å². The largest absolute Gasteiger partial charge is 1.00 e. The molecule has 0 radical (unpaired) electrons. The van der Waals surface area contributed by atoms with Gasteiger partial charge in [-0.2, -0.15) is 4.39 Å². The number of aromatic nitrogens is 1. The van der Waals surface area contributed by atoms with E-state index in [1.165, 1.54) is 23.2 Å². The number of nitrogens with one attached hydrogen (secondary N) is 1. The number of nitrogens with two attached hydrogens (primary N) is 1. The molecule has 0 spiro atoms. The van der Waals surface area contributed by atoms with Crippen LogP contribution in [-0.4, -0.2) is 78.1 Å². The fraction of sp³-hybridized carbons (Fsp3) is 0.353. The van der Waals surface area contributed by atoms with Crippen LogP contribution < -0.4 is 45.7 Å². The van der Waals surface area contributed by atoms with Gasteiger partial charge in [-0.05, 0) is 5.41 Å². The number of carbonyl (C=O) groups excluding carboxylic acids is 3. The third-order valence-corrected chi connectivity index (χ3v) is 8.23. The van der Waals surface area contributed by atoms with E-state index in [0.717, 1.165) is 30.0 Å². The molecule has 0 saturated carbocycles. The number of β-lactam (4-membered cyclic amide) rings is 1. The molecule has 18 heteroatoms. The van der Waals surface area contributed by atoms with Crippen LogP contribution in [0.4, 0.5) is 9.52 Å². The second kappa shape index (κ2) is 12.1. The Morgan fingerprint density at radius 2 is 2.17 bits per heavy atom. The van der Waals surface area contributed by atoms with Gasteiger partial charge in [0.2, 0.25) is 5.13 Å². The zero-order valence-corrected chi connectivity index (χ0v) is 23.8. The Morgan fingerprint density at radius 3 is 2.71 bits per heavy atom. The third kappa shape index (κ3) is 6.78. The van der Waals surface area contributed by atoms with Crippen molar-refractivity contribution in [2.75, 3.05) is 30.6 Å². The van der Waals surface area contributed by atoms with Gasteiger partial charge in [-0.1, -0.05) is 34.3 Å². The minimum atomic E-state index is -3.23. The predicted octanol–water partition coefficient (Wildman–Crippen LogP) is -4.13. The van der Waals surface area contributed by atoms with E-state index in [2.05, 4.69) is 20.3 Å². The van der Waals surface area contributed by atoms with Gasteiger partial charge < -0.3 is 25.8 Å². The van der Waals surface area contributed by atoms with Gasteiger partial charge in [0.05, 0.1) is 17.4 Å². The van der Waals surface area contributed by atoms with Crippen molar-refractivity contribution in [2.24, 2.45) is 5.16 Å². The molecular weight excluding hydrogens is 556 g/mol. The summed E-state index contributed by atoms with van der Waals surface area (Å²) in [4.78, 5) is 46.7. The first-order valence-corrected chi connectivity index (χ1v) is 14.0. The second-order valence-electron chi connectivity index (χ2n) is 6.80. The standard InChI is InChI=1S/C17H18FN5O7S4.Na/c1-30-22-9(8-12(18)33-17(19)21-8)13(24)20-10-14(25)23-11(16(26)27)7(6-32-15(10)23)31-4-3-5-34(2,28)29;/h3-4,10,15H,5-6H2,1-2H3,(H2,19,21)(H,20,24)(H,26,27);/q;+1/p-1/b4-3-,22-9-;/t10?,15-;/m1./s1. The van der Waals surface area contributed by atoms with E-state index in [-0.39, 0.29) is 56.8 Å². The molecule has 3 rings (SSSR count). The maximum absolute atomic E-state index is 14.1. The van der Waals surface area contributed by atoms with Crippen LogP contribution in [-0.2, 0) is 29.1 Å². The van der Waals surface area contributed by atoms with Crippen LogP contribution in [0.2, 0.25) is 0 Å². The number of fused-ring (bicyclic) bond motifs is 1. The summed E-state index contributed by atoms with van der Waals surface area (Å²) in [6.07, 6.45) is 2.42. The number of halogens is 1. The summed E-state index contributed by atoms with van der Waals surface area (Å²) in [5.74, 6) is -3.35. The second-order valence-corrected chi connectivity index (χ2v) is 12.1. The van der Waals surface area contributed by atoms with Gasteiger partial charge in [0.1, 0.15) is 24.2 Å². The number of hydrogen-bond donors (Lipinski definition) is 2. The van der Waals surface area contributed by atoms with Gasteiger partial charge in [0.15, 0.2) is 20.7 Å². The number of carbonyl (C=O) groups is 3. The molecule has 2 aliphatic heterocycles. The number of hydrogen-bond acceptors (Lipinski definition) is 13. The number of amides is 2. The molecule has 1 fully saturated rings. The quantitative estimate of drug-likeness (QED) is 0.127. The molecule has 0 bridgehead atoms. The third-order valence-electron chi connectivity index (χ3n) is 4.34. The minimum absolute atomic E-state index is 0. The van der Waals surface area contributed by atoms with Crippen molar-refractivity contribution in [1.29, 1.82) is 0 Å². The summed E-state index contributed by atoms with van der Waals surface area (Å²) in [6, 6.07) is -1.12. The van der Waals surface area contributed by atoms with Crippen LogP contribution in [0.5, 0.6) is 0 Å². The van der Waals surface area contributed by atoms with Gasteiger partial charge in [-0.15, -0.1) is 11.8 Å². The number of rotatable bonds is 9. The molecule has 2 atom stereocenters. The van der Waals surface area contributed by atoms with E-state index >= 15 is 0 Å². The molecule has 35 heavy (non-hydrogen) atoms. The molecule has 2 amide bonds. The molecule has 2 aliphatic rings. The zero-order valence-electron chi connectivity index (χ0n) is 18.5. The number of sulfone groups is 1. The van der Waals surface area contributed by atoms with E-state index in [1.54, 1.807) is 0 Å². The molecule has 184 valence electrons. The first-order valence-electron chi connectivity index (χ1n) is 9.17. The fourth-order valence-corrected chi connectivity index (χ4v) is 6.42. The topological polar surface area (TPSA) is 184 Å². The van der Waals surface area contributed by atoms with Crippen LogP contribution >= 0.6 is 34.9 Å². The van der Waals surface area contributed by atoms with Crippen molar-refractivity contribution in [3.8, 4) is 0 Å². The van der Waals surface area contributed by atoms with E-state index in [9.17, 15) is 32.3 Å². The summed E-state index contributed by atoms with van der Waals surface area (Å²) in [6.45, 7) is 0. The van der Waals surface area contributed by atoms with Crippen molar-refractivity contribution >= 4 is 73.3 Å². The predicted molar refractivity (Wildman–Crippen MR) is 124 cm³/mol. The number of nitrogen functional groups attached to an aromatic ring is 1. The molecular formula is C17H17FN5NaO7S4. The maximum Gasteiger partial charge on any atom is 1.00 e. The van der Waals surface area contributed by atoms with Crippen molar-refractivity contribution in [3.63, 3.8) is 0 Å². The monoisotopic (exact) mass is 573 g/mol. The van der Waals surface area contributed by atoms with Crippen molar-refractivity contribution in [1.82, 2.24) is 15.2 Å². The van der Waals surface area contributed by atoms with Crippen LogP contribution in [0.1, 0.15) is 5.69 Å². The molecule has 3 N–H and O–H groups in total. The van der Waals surface area contributed by atoms with Gasteiger partial charge in [0.25, 0.3) is 11.8 Å². The summed E-state index contributed by atoms with van der Waals surface area (Å²) >= 11 is 2.63. The fourth-order valence-electron chi connectivity index (χ4n) is 2.97. The molecule has 0 aliphatic carbocycles. The number of carboxylic acid groups (broad SMARTS) is 1. The number of carboxylic acids is 1. The number of anilines is 1. The molecule has 1 aromatic rings. The Bertz CT molecular complexity index is 1230. The normalized spacial score (nSPS) is 20.3. The molecule has 0 aromatic carbocycles. The van der Waals surface area contributed by atoms with Gasteiger partial charge >= 0.3 is 29.6 Å². The van der Waals surface area contributed by atoms with E-state index in [1.807, 2.05) is 0 Å². The minimum Gasteiger partial charge on any atom is -0.543 e. The zero-order chi connectivity index (χ0) is 25.2. The number of oxime groups is 1. The van der Waals surface area contributed by atoms with Crippen LogP contribution in [0, 0.1) is 5.13 Å². The van der Waals surface area contributed by atoms with Crippen LogP contribution in [0.15, 0.2) is 27.2 Å². The van der Waals surface area contributed by atoms with Gasteiger partial charge in [-0.25, -0.2) is 13.4 Å². The number of nitrogens with zero attached hydrogens (tertiary/aromatic N) is 3. The summed E-state index contributed by atoms with van der Waals surface area (Å²) in [5.41, 5.74) is 4.11. The first-order chi connectivity index (χ1) is 15.9. The Hall–Kier alpha value is -1.63. The number of thiazole rings is 1. The van der Waals surface area contributed by atoms with Crippen LogP contribution in [0.3, 0.4) is 0 Å². The molecule has 3 heterocycles. The summed E-state index contributed by atoms with van der Waals surface area (Å²) < 4.78 is 36.5. The summed E-state index contributed by atoms with van der Waals surface area (Å²) in [5, 5.41) is 17.3. The SMILES string of the molecule is CO/N=C(\C(=O)NC1C(=O)N2C(C(=O)[O-])=C(S/C=C\CS(C)(=O)=O)CS[C@H]12)c1nc(N)sc1F.[Na+]. The Morgan fingerprint density at radius 1 is 1.49 bits per heavy atom. The average Bonchev–Trinajstić information content (AvgIpc) is 3.09. The molecule has 1 unspecified atom stereocenters. The number of thioether (sulfide) groups is 2. The maximum atomic E-state index is 14.1. The van der Waals surface area contributed by atoms with Crippen molar-refractivity contribution in [2.45, 2.75) is 11.4 Å². The van der Waals surface area contributed by atoms with Crippen molar-refractivity contribution in [3.05, 3.63) is 32.9 Å². The molecule has 1 saturated heterocycles. The smallest absolute Gasteiger partial charge is 0.543 e. The van der Waals surface area contributed by atoms with E-state index in [4.69, 9.17) is 5.73 Å². The Labute approximate surface area is 233 Å². The van der Waals surface area contributed by atoms with E-state index < -0.39 is 55.6 Å². The Kier molecular flexibility index (Phi) is 10.2. The van der Waals surface area contributed by atoms with E-state index in [0.29, 0.717) is 11.3 Å². The van der Waals surface area contributed by atoms with Crippen molar-refractivity contribution < 1.29 is 66.7 Å². The first kappa shape index (κ1) is 29.6. The van der Waals surface area contributed by atoms with Gasteiger partial charge in [-0.3, -0.25) is 14.5 Å². The molecule has 1 aromatic heterocycles. The van der Waals surface area contributed by atoms with Crippen LogP contribution in [0.25, 0.3) is 0 Å².